The maximum atomic E-state index is 13.2. The summed E-state index contributed by atoms with van der Waals surface area (Å²) in [4.78, 5) is 11.1. The number of hydrogen-bond acceptors (Lipinski definition) is 2. The lowest BCUT2D eigenvalue weighted by Gasteiger charge is -2.00. The van der Waals surface area contributed by atoms with Crippen molar-refractivity contribution in [3.05, 3.63) is 41.2 Å². The molecular weight excluding hydrogens is 193 g/mol. The molecule has 0 bridgehead atoms. The van der Waals surface area contributed by atoms with E-state index in [0.717, 1.165) is 12.1 Å². The molecule has 0 aliphatic heterocycles. The van der Waals surface area contributed by atoms with E-state index in [9.17, 15) is 9.18 Å². The molecule has 0 radical (unpaired) electrons. The van der Waals surface area contributed by atoms with Gasteiger partial charge in [-0.05, 0) is 31.7 Å². The lowest BCUT2D eigenvalue weighted by Crippen LogP contribution is -2.03. The van der Waals surface area contributed by atoms with Gasteiger partial charge in [-0.15, -0.1) is 0 Å². The van der Waals surface area contributed by atoms with Gasteiger partial charge < -0.3 is 5.32 Å². The predicted molar refractivity (Wildman–Crippen MR) is 59.4 cm³/mol. The van der Waals surface area contributed by atoms with Crippen LogP contribution in [0.2, 0.25) is 0 Å². The highest BCUT2D eigenvalue weighted by Crippen LogP contribution is 2.12. The van der Waals surface area contributed by atoms with Crippen molar-refractivity contribution < 1.29 is 9.18 Å². The highest BCUT2D eigenvalue weighted by molar-refractivity contribution is 5.94. The Balaban J connectivity index is 2.92. The zero-order valence-corrected chi connectivity index (χ0v) is 8.88. The monoisotopic (exact) mass is 207 g/mol. The molecule has 0 spiro atoms. The van der Waals surface area contributed by atoms with Gasteiger partial charge in [0.15, 0.2) is 5.78 Å². The molecule has 0 saturated heterocycles. The molecule has 0 aliphatic carbocycles. The number of Topliss-reactive ketones (excluding diaryl/α,β-unsaturated/α-hetero) is 1. The Morgan fingerprint density at radius 3 is 2.87 bits per heavy atom. The number of benzene rings is 1. The summed E-state index contributed by atoms with van der Waals surface area (Å²) < 4.78 is 13.2. The lowest BCUT2D eigenvalue weighted by atomic mass is 10.1. The summed E-state index contributed by atoms with van der Waals surface area (Å²) in [6.07, 6.45) is 3.76. The fourth-order valence-electron chi connectivity index (χ4n) is 1.23. The second kappa shape index (κ2) is 5.41. The first kappa shape index (κ1) is 11.6. The normalized spacial score (nSPS) is 10.9. The Hall–Kier alpha value is -1.48. The molecule has 2 nitrogen and oxygen atoms in total. The van der Waals surface area contributed by atoms with Gasteiger partial charge in [-0.2, -0.15) is 0 Å². The summed E-state index contributed by atoms with van der Waals surface area (Å²) in [6, 6.07) is 4.52. The summed E-state index contributed by atoms with van der Waals surface area (Å²) in [5, 5.41) is 2.96. The Bertz CT molecular complexity index is 385. The van der Waals surface area contributed by atoms with E-state index in [4.69, 9.17) is 0 Å². The molecule has 1 aromatic rings. The Morgan fingerprint density at radius 1 is 1.53 bits per heavy atom. The van der Waals surface area contributed by atoms with E-state index < -0.39 is 5.82 Å². The summed E-state index contributed by atoms with van der Waals surface area (Å²) in [7, 11) is 1.84. The third-order valence-corrected chi connectivity index (χ3v) is 2.00. The maximum absolute atomic E-state index is 13.2. The molecule has 80 valence electrons. The van der Waals surface area contributed by atoms with Crippen molar-refractivity contribution in [2.24, 2.45) is 0 Å². The van der Waals surface area contributed by atoms with Crippen LogP contribution in [-0.2, 0) is 0 Å². The van der Waals surface area contributed by atoms with Gasteiger partial charge in [0.25, 0.3) is 0 Å². The number of ketones is 1. The number of likely N-dealkylation sites (N-methyl/N-ethyl adjacent to an activating group) is 1. The maximum Gasteiger partial charge on any atom is 0.162 e. The number of carbonyl (C=O) groups is 1. The molecule has 1 rings (SSSR count). The summed E-state index contributed by atoms with van der Waals surface area (Å²) >= 11 is 0. The van der Waals surface area contributed by atoms with Gasteiger partial charge >= 0.3 is 0 Å². The highest BCUT2D eigenvalue weighted by Gasteiger charge is 2.06. The zero-order valence-electron chi connectivity index (χ0n) is 8.88. The van der Waals surface area contributed by atoms with Gasteiger partial charge in [0.2, 0.25) is 0 Å². The Labute approximate surface area is 88.8 Å². The summed E-state index contributed by atoms with van der Waals surface area (Å²) in [5.41, 5.74) is 0.971. The van der Waals surface area contributed by atoms with Crippen LogP contribution in [0.4, 0.5) is 4.39 Å². The van der Waals surface area contributed by atoms with Crippen LogP contribution in [0.3, 0.4) is 0 Å². The molecule has 0 aromatic heterocycles. The van der Waals surface area contributed by atoms with Gasteiger partial charge in [-0.3, -0.25) is 4.79 Å². The number of hydrogen-bond donors (Lipinski definition) is 1. The van der Waals surface area contributed by atoms with Crippen LogP contribution in [0.5, 0.6) is 0 Å². The Kier molecular flexibility index (Phi) is 4.18. The van der Waals surface area contributed by atoms with Crippen LogP contribution in [0.1, 0.15) is 22.8 Å². The third kappa shape index (κ3) is 3.29. The number of halogens is 1. The van der Waals surface area contributed by atoms with Gasteiger partial charge in [-0.1, -0.05) is 18.2 Å². The van der Waals surface area contributed by atoms with Gasteiger partial charge in [0, 0.05) is 6.54 Å². The Morgan fingerprint density at radius 2 is 2.27 bits per heavy atom. The molecule has 0 saturated carbocycles. The molecule has 1 aromatic carbocycles. The van der Waals surface area contributed by atoms with Crippen molar-refractivity contribution in [2.45, 2.75) is 6.92 Å². The van der Waals surface area contributed by atoms with Gasteiger partial charge in [0.1, 0.15) is 5.82 Å². The summed E-state index contributed by atoms with van der Waals surface area (Å²) in [5.74, 6) is -0.718. The van der Waals surface area contributed by atoms with E-state index in [-0.39, 0.29) is 11.3 Å². The average molecular weight is 207 g/mol. The van der Waals surface area contributed by atoms with Crippen molar-refractivity contribution in [1.29, 1.82) is 0 Å². The average Bonchev–Trinajstić information content (AvgIpc) is 2.20. The zero-order chi connectivity index (χ0) is 11.3. The van der Waals surface area contributed by atoms with Crippen molar-refractivity contribution in [3.63, 3.8) is 0 Å². The van der Waals surface area contributed by atoms with E-state index >= 15 is 0 Å². The molecule has 15 heavy (non-hydrogen) atoms. The van der Waals surface area contributed by atoms with E-state index in [1.807, 2.05) is 19.2 Å². The third-order valence-electron chi connectivity index (χ3n) is 2.00. The fraction of sp³-hybridized carbons (Fsp3) is 0.250. The van der Waals surface area contributed by atoms with Crippen LogP contribution in [0.15, 0.2) is 24.3 Å². The molecule has 0 heterocycles. The smallest absolute Gasteiger partial charge is 0.162 e. The molecule has 3 heteroatoms. The minimum atomic E-state index is -0.465. The molecule has 0 unspecified atom stereocenters. The van der Waals surface area contributed by atoms with Crippen molar-refractivity contribution in [3.8, 4) is 0 Å². The largest absolute Gasteiger partial charge is 0.316 e. The van der Waals surface area contributed by atoms with E-state index in [0.29, 0.717) is 0 Å². The van der Waals surface area contributed by atoms with Gasteiger partial charge in [0.05, 0.1) is 5.56 Å². The SMILES string of the molecule is CNCC=Cc1ccc(F)c(C(C)=O)c1. The number of rotatable bonds is 4. The topological polar surface area (TPSA) is 29.1 Å². The van der Waals surface area contributed by atoms with Gasteiger partial charge in [-0.25, -0.2) is 4.39 Å². The highest BCUT2D eigenvalue weighted by atomic mass is 19.1. The molecule has 0 amide bonds. The van der Waals surface area contributed by atoms with Crippen LogP contribution < -0.4 is 5.32 Å². The standard InChI is InChI=1S/C12H14FNO/c1-9(15)11-8-10(4-3-7-14-2)5-6-12(11)13/h3-6,8,14H,7H2,1-2H3. The number of nitrogens with one attached hydrogen (secondary N) is 1. The fourth-order valence-corrected chi connectivity index (χ4v) is 1.23. The minimum Gasteiger partial charge on any atom is -0.316 e. The van der Waals surface area contributed by atoms with Crippen LogP contribution in [0, 0.1) is 5.82 Å². The first-order chi connectivity index (χ1) is 7.15. The lowest BCUT2D eigenvalue weighted by molar-refractivity contribution is 0.101. The number of carbonyl (C=O) groups excluding carboxylic acids is 1. The van der Waals surface area contributed by atoms with Crippen LogP contribution in [0.25, 0.3) is 6.08 Å². The van der Waals surface area contributed by atoms with Crippen molar-refractivity contribution in [2.75, 3.05) is 13.6 Å². The first-order valence-electron chi connectivity index (χ1n) is 4.76. The molecule has 1 N–H and O–H groups in total. The molecular formula is C12H14FNO. The van der Waals surface area contributed by atoms with E-state index in [2.05, 4.69) is 5.32 Å². The first-order valence-corrected chi connectivity index (χ1v) is 4.76. The van der Waals surface area contributed by atoms with E-state index in [1.54, 1.807) is 12.1 Å². The molecule has 0 atom stereocenters. The second-order valence-electron chi connectivity index (χ2n) is 3.26. The molecule has 0 aliphatic rings. The minimum absolute atomic E-state index is 0.140. The van der Waals surface area contributed by atoms with Crippen LogP contribution in [-0.4, -0.2) is 19.4 Å². The molecule has 0 fully saturated rings. The van der Waals surface area contributed by atoms with Crippen molar-refractivity contribution >= 4 is 11.9 Å². The van der Waals surface area contributed by atoms with Crippen molar-refractivity contribution in [1.82, 2.24) is 5.32 Å². The summed E-state index contributed by atoms with van der Waals surface area (Å²) in [6.45, 7) is 2.10. The quantitative estimate of drug-likeness (QED) is 0.767. The second-order valence-corrected chi connectivity index (χ2v) is 3.26. The van der Waals surface area contributed by atoms with Crippen LogP contribution >= 0.6 is 0 Å². The van der Waals surface area contributed by atoms with E-state index in [1.165, 1.54) is 13.0 Å². The predicted octanol–water partition coefficient (Wildman–Crippen LogP) is 2.26.